The molecular formula is C41H26N8S. The fourth-order valence-electron chi connectivity index (χ4n) is 7.17. The summed E-state index contributed by atoms with van der Waals surface area (Å²) in [5, 5.41) is 1.95. The van der Waals surface area contributed by atoms with Crippen LogP contribution in [-0.2, 0) is 6.42 Å². The smallest absolute Gasteiger partial charge is 0.163 e. The quantitative estimate of drug-likeness (QED) is 0.183. The van der Waals surface area contributed by atoms with E-state index in [1.54, 1.807) is 37.1 Å². The van der Waals surface area contributed by atoms with Crippen LogP contribution in [0.4, 0.5) is 34.1 Å². The number of hydrogen-bond donors (Lipinski definition) is 0. The Morgan fingerprint density at radius 1 is 0.440 bits per heavy atom. The molecule has 236 valence electrons. The maximum Gasteiger partial charge on any atom is 0.163 e. The zero-order valence-corrected chi connectivity index (χ0v) is 27.4. The van der Waals surface area contributed by atoms with Gasteiger partial charge in [-0.2, -0.15) is 0 Å². The Morgan fingerprint density at radius 2 is 0.840 bits per heavy atom. The summed E-state index contributed by atoms with van der Waals surface area (Å²) >= 11 is 1.78. The SMILES string of the molecule is c1ccc2c(c1)Cc1ccccc1N2c1cc(-c2ncncn2)c2cc(N3c4ccccc4Sc4ccccc43)cc(-c3ncncn3)c2c1. The van der Waals surface area contributed by atoms with Crippen LogP contribution in [0.2, 0.25) is 0 Å². The standard InChI is InChI=1S/C41H26N8S/c1-3-11-34-26(9-1)17-27-10-2-4-12-35(27)48(34)28-18-30-31(32(20-28)40-44-22-42-23-45-40)19-29(21-33(30)41-46-24-43-25-47-41)49-36-13-5-7-15-38(36)50-39-16-8-6-14-37(39)49/h1-16,18-25H,17H2. The second-order valence-electron chi connectivity index (χ2n) is 12.1. The summed E-state index contributed by atoms with van der Waals surface area (Å²) in [5.41, 5.74) is 10.8. The summed E-state index contributed by atoms with van der Waals surface area (Å²) in [4.78, 5) is 34.1. The fraction of sp³-hybridized carbons (Fsp3) is 0.0244. The maximum atomic E-state index is 4.69. The number of hydrogen-bond acceptors (Lipinski definition) is 9. The highest BCUT2D eigenvalue weighted by Gasteiger charge is 2.28. The largest absolute Gasteiger partial charge is 0.310 e. The molecule has 2 aliphatic heterocycles. The molecule has 0 radical (unpaired) electrons. The predicted octanol–water partition coefficient (Wildman–Crippen LogP) is 9.85. The Hall–Kier alpha value is -6.45. The van der Waals surface area contributed by atoms with Crippen LogP contribution < -0.4 is 9.80 Å². The van der Waals surface area contributed by atoms with Gasteiger partial charge in [-0.05, 0) is 82.6 Å². The summed E-state index contributed by atoms with van der Waals surface area (Å²) in [6, 6.07) is 43.2. The van der Waals surface area contributed by atoms with Crippen LogP contribution >= 0.6 is 11.8 Å². The van der Waals surface area contributed by atoms with Gasteiger partial charge in [-0.3, -0.25) is 0 Å². The average Bonchev–Trinajstić information content (AvgIpc) is 3.19. The molecule has 4 heterocycles. The van der Waals surface area contributed by atoms with E-state index in [1.165, 1.54) is 20.9 Å². The molecule has 0 saturated heterocycles. The zero-order valence-electron chi connectivity index (χ0n) is 26.5. The molecule has 0 spiro atoms. The van der Waals surface area contributed by atoms with E-state index in [2.05, 4.69) is 141 Å². The third-order valence-corrected chi connectivity index (χ3v) is 10.4. The number of benzene rings is 6. The molecule has 0 atom stereocenters. The van der Waals surface area contributed by atoms with Gasteiger partial charge in [-0.25, -0.2) is 29.9 Å². The molecule has 10 rings (SSSR count). The Bertz CT molecular complexity index is 2310. The summed E-state index contributed by atoms with van der Waals surface area (Å²) in [6.45, 7) is 0. The van der Waals surface area contributed by atoms with Gasteiger partial charge in [0.2, 0.25) is 0 Å². The lowest BCUT2D eigenvalue weighted by molar-refractivity contribution is 1.05. The van der Waals surface area contributed by atoms with Crippen molar-refractivity contribution in [3.63, 3.8) is 0 Å². The normalized spacial score (nSPS) is 13.0. The van der Waals surface area contributed by atoms with Crippen molar-refractivity contribution in [3.05, 3.63) is 158 Å². The van der Waals surface area contributed by atoms with Crippen molar-refractivity contribution in [2.24, 2.45) is 0 Å². The number of nitrogens with zero attached hydrogens (tertiary/aromatic N) is 8. The van der Waals surface area contributed by atoms with Crippen molar-refractivity contribution < 1.29 is 0 Å². The molecule has 0 N–H and O–H groups in total. The molecule has 0 saturated carbocycles. The van der Waals surface area contributed by atoms with Gasteiger partial charge in [0.05, 0.1) is 11.4 Å². The van der Waals surface area contributed by atoms with Gasteiger partial charge in [0.1, 0.15) is 25.3 Å². The monoisotopic (exact) mass is 662 g/mol. The number of anilines is 6. The van der Waals surface area contributed by atoms with Gasteiger partial charge in [0, 0.05) is 50.1 Å². The van der Waals surface area contributed by atoms with Crippen molar-refractivity contribution in [3.8, 4) is 22.8 Å². The zero-order chi connectivity index (χ0) is 33.0. The Balaban J connectivity index is 1.30. The van der Waals surface area contributed by atoms with E-state index in [4.69, 9.17) is 19.9 Å². The second-order valence-corrected chi connectivity index (χ2v) is 13.2. The summed E-state index contributed by atoms with van der Waals surface area (Å²) in [6.07, 6.45) is 7.08. The van der Waals surface area contributed by atoms with E-state index in [1.807, 2.05) is 0 Å². The van der Waals surface area contributed by atoms with Crippen LogP contribution in [0, 0.1) is 0 Å². The molecule has 0 amide bonds. The summed E-state index contributed by atoms with van der Waals surface area (Å²) < 4.78 is 0. The van der Waals surface area contributed by atoms with Gasteiger partial charge in [0.15, 0.2) is 11.6 Å². The number of fused-ring (bicyclic) bond motifs is 5. The second kappa shape index (κ2) is 11.6. The Labute approximate surface area is 292 Å². The van der Waals surface area contributed by atoms with Crippen LogP contribution in [-0.4, -0.2) is 29.9 Å². The average molecular weight is 663 g/mol. The predicted molar refractivity (Wildman–Crippen MR) is 198 cm³/mol. The fourth-order valence-corrected chi connectivity index (χ4v) is 8.23. The maximum absolute atomic E-state index is 4.69. The van der Waals surface area contributed by atoms with E-state index < -0.39 is 0 Å². The minimum absolute atomic E-state index is 0.581. The first-order valence-electron chi connectivity index (χ1n) is 16.3. The molecule has 8 nitrogen and oxygen atoms in total. The number of rotatable bonds is 4. The van der Waals surface area contributed by atoms with Gasteiger partial charge in [-0.1, -0.05) is 72.4 Å². The van der Waals surface area contributed by atoms with Crippen molar-refractivity contribution in [2.75, 3.05) is 9.80 Å². The molecule has 0 bridgehead atoms. The van der Waals surface area contributed by atoms with Gasteiger partial charge in [0.25, 0.3) is 0 Å². The Kier molecular flexibility index (Phi) is 6.63. The molecule has 50 heavy (non-hydrogen) atoms. The molecule has 8 aromatic rings. The molecule has 9 heteroatoms. The molecule has 2 aromatic heterocycles. The molecule has 0 unspecified atom stereocenters. The first-order valence-corrected chi connectivity index (χ1v) is 17.1. The lowest BCUT2D eigenvalue weighted by atomic mass is 9.92. The minimum atomic E-state index is 0.581. The molecule has 6 aromatic carbocycles. The third-order valence-electron chi connectivity index (χ3n) is 9.30. The van der Waals surface area contributed by atoms with Crippen LogP contribution in [0.1, 0.15) is 11.1 Å². The van der Waals surface area contributed by atoms with Crippen molar-refractivity contribution in [1.82, 2.24) is 29.9 Å². The minimum Gasteiger partial charge on any atom is -0.310 e. The topological polar surface area (TPSA) is 83.8 Å². The summed E-state index contributed by atoms with van der Waals surface area (Å²) in [7, 11) is 0. The van der Waals surface area contributed by atoms with Crippen molar-refractivity contribution >= 4 is 56.7 Å². The van der Waals surface area contributed by atoms with E-state index in [9.17, 15) is 0 Å². The van der Waals surface area contributed by atoms with Gasteiger partial charge >= 0.3 is 0 Å². The van der Waals surface area contributed by atoms with E-state index >= 15 is 0 Å². The highest BCUT2D eigenvalue weighted by Crippen LogP contribution is 2.53. The number of aromatic nitrogens is 6. The molecular weight excluding hydrogens is 637 g/mol. The van der Waals surface area contributed by atoms with E-state index in [-0.39, 0.29) is 0 Å². The van der Waals surface area contributed by atoms with E-state index in [0.29, 0.717) is 11.6 Å². The van der Waals surface area contributed by atoms with Crippen molar-refractivity contribution in [2.45, 2.75) is 16.2 Å². The highest BCUT2D eigenvalue weighted by atomic mass is 32.2. The van der Waals surface area contributed by atoms with Crippen LogP contribution in [0.15, 0.2) is 156 Å². The van der Waals surface area contributed by atoms with Crippen LogP contribution in [0.3, 0.4) is 0 Å². The van der Waals surface area contributed by atoms with Crippen molar-refractivity contribution in [1.29, 1.82) is 0 Å². The molecule has 2 aliphatic rings. The summed E-state index contributed by atoms with van der Waals surface area (Å²) in [5.74, 6) is 1.16. The Morgan fingerprint density at radius 3 is 1.32 bits per heavy atom. The van der Waals surface area contributed by atoms with Crippen LogP contribution in [0.5, 0.6) is 0 Å². The number of para-hydroxylation sites is 4. The highest BCUT2D eigenvalue weighted by molar-refractivity contribution is 7.99. The lowest BCUT2D eigenvalue weighted by Gasteiger charge is -2.35. The third kappa shape index (κ3) is 4.62. The molecule has 0 fully saturated rings. The first-order chi connectivity index (χ1) is 24.8. The molecule has 0 aliphatic carbocycles. The van der Waals surface area contributed by atoms with Crippen LogP contribution in [0.25, 0.3) is 33.5 Å². The first kappa shape index (κ1) is 28.6. The van der Waals surface area contributed by atoms with Gasteiger partial charge < -0.3 is 9.80 Å². The van der Waals surface area contributed by atoms with Gasteiger partial charge in [-0.15, -0.1) is 0 Å². The van der Waals surface area contributed by atoms with E-state index in [0.717, 1.165) is 62.4 Å². The lowest BCUT2D eigenvalue weighted by Crippen LogP contribution is -2.18.